The Kier molecular flexibility index (Phi) is 6.66. The Morgan fingerprint density at radius 1 is 1.09 bits per heavy atom. The van der Waals surface area contributed by atoms with Crippen molar-refractivity contribution < 1.29 is 9.53 Å². The van der Waals surface area contributed by atoms with Crippen molar-refractivity contribution in [3.05, 3.63) is 76.2 Å². The minimum Gasteiger partial charge on any atom is -0.492 e. The molecule has 1 amide bonds. The summed E-state index contributed by atoms with van der Waals surface area (Å²) in [5.74, 6) is 0.815. The first-order valence-electron chi connectivity index (χ1n) is 11.0. The van der Waals surface area contributed by atoms with Gasteiger partial charge in [0.1, 0.15) is 18.1 Å². The number of anilines is 1. The van der Waals surface area contributed by atoms with Crippen LogP contribution in [-0.4, -0.2) is 40.1 Å². The molecule has 7 nitrogen and oxygen atoms in total. The van der Waals surface area contributed by atoms with E-state index in [0.717, 1.165) is 30.8 Å². The smallest absolute Gasteiger partial charge is 0.259 e. The van der Waals surface area contributed by atoms with Gasteiger partial charge in [-0.05, 0) is 25.6 Å². The third-order valence-corrected chi connectivity index (χ3v) is 5.64. The first-order valence-corrected chi connectivity index (χ1v) is 11.0. The van der Waals surface area contributed by atoms with E-state index in [1.807, 2.05) is 49.4 Å². The van der Waals surface area contributed by atoms with Gasteiger partial charge in [0.2, 0.25) is 5.91 Å². The Balaban J connectivity index is 1.71. The summed E-state index contributed by atoms with van der Waals surface area (Å²) in [5.41, 5.74) is 2.75. The normalized spacial score (nSPS) is 13.4. The zero-order valence-electron chi connectivity index (χ0n) is 18.5. The van der Waals surface area contributed by atoms with E-state index in [9.17, 15) is 9.59 Å². The van der Waals surface area contributed by atoms with Crippen molar-refractivity contribution in [3.8, 4) is 17.1 Å². The number of ether oxygens (including phenoxy) is 1. The Morgan fingerprint density at radius 2 is 1.84 bits per heavy atom. The van der Waals surface area contributed by atoms with Crippen molar-refractivity contribution in [1.29, 1.82) is 0 Å². The van der Waals surface area contributed by atoms with Crippen molar-refractivity contribution in [2.24, 2.45) is 0 Å². The zero-order chi connectivity index (χ0) is 22.5. The molecule has 3 aromatic rings. The summed E-state index contributed by atoms with van der Waals surface area (Å²) in [6.45, 7) is 6.64. The zero-order valence-corrected chi connectivity index (χ0v) is 18.5. The molecule has 0 bridgehead atoms. The molecule has 1 N–H and O–H groups in total. The van der Waals surface area contributed by atoms with Crippen molar-refractivity contribution in [2.75, 3.05) is 25.0 Å². The van der Waals surface area contributed by atoms with Crippen LogP contribution in [0.2, 0.25) is 0 Å². The van der Waals surface area contributed by atoms with Gasteiger partial charge < -0.3 is 10.1 Å². The molecule has 4 rings (SSSR count). The molecule has 0 saturated carbocycles. The van der Waals surface area contributed by atoms with Crippen molar-refractivity contribution in [2.45, 2.75) is 33.4 Å². The number of aromatic nitrogens is 2. The summed E-state index contributed by atoms with van der Waals surface area (Å²) in [4.78, 5) is 33.6. The van der Waals surface area contributed by atoms with Crippen LogP contribution in [0, 0.1) is 0 Å². The Bertz CT molecular complexity index is 1160. The van der Waals surface area contributed by atoms with Crippen LogP contribution >= 0.6 is 0 Å². The molecule has 0 aliphatic carbocycles. The standard InChI is InChI=1S/C25H28N4O3/c1-3-28-15-14-20-19(16-28)25(31)29(24(27-20)18-10-6-5-7-11-18)17-23(30)26-21-12-8-9-13-22(21)32-4-2/h5-13H,3-4,14-17H2,1-2H3,(H,26,30). The highest BCUT2D eigenvalue weighted by Gasteiger charge is 2.24. The van der Waals surface area contributed by atoms with Gasteiger partial charge in [0.15, 0.2) is 0 Å². The highest BCUT2D eigenvalue weighted by atomic mass is 16.5. The number of hydrogen-bond acceptors (Lipinski definition) is 5. The molecule has 7 heteroatoms. The molecule has 1 aliphatic heterocycles. The van der Waals surface area contributed by atoms with E-state index in [-0.39, 0.29) is 18.0 Å². The van der Waals surface area contributed by atoms with Crippen LogP contribution in [0.25, 0.3) is 11.4 Å². The third kappa shape index (κ3) is 4.57. The summed E-state index contributed by atoms with van der Waals surface area (Å²) in [7, 11) is 0. The van der Waals surface area contributed by atoms with E-state index in [4.69, 9.17) is 9.72 Å². The Labute approximate surface area is 187 Å². The molecule has 1 aliphatic rings. The Morgan fingerprint density at radius 3 is 2.59 bits per heavy atom. The molecule has 2 aromatic carbocycles. The maximum absolute atomic E-state index is 13.5. The molecule has 32 heavy (non-hydrogen) atoms. The quantitative estimate of drug-likeness (QED) is 0.620. The lowest BCUT2D eigenvalue weighted by Crippen LogP contribution is -2.39. The van der Waals surface area contributed by atoms with Gasteiger partial charge in [0, 0.05) is 25.1 Å². The van der Waals surface area contributed by atoms with E-state index >= 15 is 0 Å². The van der Waals surface area contributed by atoms with Crippen molar-refractivity contribution in [3.63, 3.8) is 0 Å². The number of likely N-dealkylation sites (N-methyl/N-ethyl adjacent to an activating group) is 1. The van der Waals surface area contributed by atoms with Gasteiger partial charge in [0.25, 0.3) is 5.56 Å². The molecule has 0 fully saturated rings. The van der Waals surface area contributed by atoms with Gasteiger partial charge in [-0.25, -0.2) is 4.98 Å². The topological polar surface area (TPSA) is 76.5 Å². The fourth-order valence-electron chi connectivity index (χ4n) is 3.98. The number of carbonyl (C=O) groups is 1. The SMILES string of the molecule is CCOc1ccccc1NC(=O)Cn1c(-c2ccccc2)nc2c(c1=O)CN(CC)CC2. The van der Waals surface area contributed by atoms with Gasteiger partial charge in [0.05, 0.1) is 23.6 Å². The van der Waals surface area contributed by atoms with Crippen molar-refractivity contribution >= 4 is 11.6 Å². The molecular weight excluding hydrogens is 404 g/mol. The fourth-order valence-corrected chi connectivity index (χ4v) is 3.98. The molecule has 0 spiro atoms. The maximum Gasteiger partial charge on any atom is 0.259 e. The summed E-state index contributed by atoms with van der Waals surface area (Å²) in [5, 5.41) is 2.89. The van der Waals surface area contributed by atoms with Crippen molar-refractivity contribution in [1.82, 2.24) is 14.5 Å². The molecule has 0 radical (unpaired) electrons. The van der Waals surface area contributed by atoms with Crippen LogP contribution in [0.3, 0.4) is 0 Å². The number of rotatable bonds is 7. The van der Waals surface area contributed by atoms with E-state index in [0.29, 0.717) is 36.0 Å². The number of nitrogens with zero attached hydrogens (tertiary/aromatic N) is 3. The van der Waals surface area contributed by atoms with E-state index in [1.54, 1.807) is 12.1 Å². The largest absolute Gasteiger partial charge is 0.492 e. The average Bonchev–Trinajstić information content (AvgIpc) is 2.82. The first-order chi connectivity index (χ1) is 15.6. The van der Waals surface area contributed by atoms with Crippen LogP contribution in [0.4, 0.5) is 5.69 Å². The molecule has 0 atom stereocenters. The molecule has 166 valence electrons. The van der Waals surface area contributed by atoms with Crippen LogP contribution < -0.4 is 15.6 Å². The highest BCUT2D eigenvalue weighted by molar-refractivity contribution is 5.92. The second kappa shape index (κ2) is 9.78. The molecule has 0 saturated heterocycles. The summed E-state index contributed by atoms with van der Waals surface area (Å²) in [6.07, 6.45) is 0.729. The van der Waals surface area contributed by atoms with Crippen LogP contribution in [0.15, 0.2) is 59.4 Å². The second-order valence-corrected chi connectivity index (χ2v) is 7.71. The average molecular weight is 433 g/mol. The van der Waals surface area contributed by atoms with Crippen LogP contribution in [0.1, 0.15) is 25.1 Å². The molecule has 1 aromatic heterocycles. The second-order valence-electron chi connectivity index (χ2n) is 7.71. The predicted molar refractivity (Wildman–Crippen MR) is 125 cm³/mol. The number of benzene rings is 2. The lowest BCUT2D eigenvalue weighted by molar-refractivity contribution is -0.116. The van der Waals surface area contributed by atoms with Gasteiger partial charge in [-0.3, -0.25) is 19.1 Å². The van der Waals surface area contributed by atoms with Crippen LogP contribution in [-0.2, 0) is 24.3 Å². The molecular formula is C25H28N4O3. The number of hydrogen-bond donors (Lipinski definition) is 1. The number of nitrogens with one attached hydrogen (secondary N) is 1. The lowest BCUT2D eigenvalue weighted by Gasteiger charge is -2.27. The number of amides is 1. The minimum atomic E-state index is -0.304. The van der Waals surface area contributed by atoms with E-state index < -0.39 is 0 Å². The first kappa shape index (κ1) is 21.8. The monoisotopic (exact) mass is 432 g/mol. The summed E-state index contributed by atoms with van der Waals surface area (Å²) in [6, 6.07) is 16.8. The molecule has 0 unspecified atom stereocenters. The van der Waals surface area contributed by atoms with Gasteiger partial charge in [-0.1, -0.05) is 49.4 Å². The van der Waals surface area contributed by atoms with Gasteiger partial charge in [-0.2, -0.15) is 0 Å². The number of fused-ring (bicyclic) bond motifs is 1. The van der Waals surface area contributed by atoms with Gasteiger partial charge >= 0.3 is 0 Å². The van der Waals surface area contributed by atoms with Gasteiger partial charge in [-0.15, -0.1) is 0 Å². The summed E-state index contributed by atoms with van der Waals surface area (Å²) >= 11 is 0. The molecule has 2 heterocycles. The van der Waals surface area contributed by atoms with E-state index in [1.165, 1.54) is 4.57 Å². The van der Waals surface area contributed by atoms with E-state index in [2.05, 4.69) is 17.1 Å². The lowest BCUT2D eigenvalue weighted by atomic mass is 10.1. The third-order valence-electron chi connectivity index (χ3n) is 5.64. The Hall–Kier alpha value is -3.45. The maximum atomic E-state index is 13.5. The number of para-hydroxylation sites is 2. The fraction of sp³-hybridized carbons (Fsp3) is 0.320. The highest BCUT2D eigenvalue weighted by Crippen LogP contribution is 2.24. The number of carbonyl (C=O) groups excluding carboxylic acids is 1. The van der Waals surface area contributed by atoms with Crippen LogP contribution in [0.5, 0.6) is 5.75 Å². The minimum absolute atomic E-state index is 0.129. The predicted octanol–water partition coefficient (Wildman–Crippen LogP) is 3.33. The summed E-state index contributed by atoms with van der Waals surface area (Å²) < 4.78 is 7.09.